The van der Waals surface area contributed by atoms with Crippen LogP contribution in [0.3, 0.4) is 0 Å². The van der Waals surface area contributed by atoms with Crippen molar-refractivity contribution >= 4 is 21.8 Å². The second kappa shape index (κ2) is 6.37. The average Bonchev–Trinajstić information content (AvgIpc) is 2.40. The van der Waals surface area contributed by atoms with Gasteiger partial charge in [-0.15, -0.1) is 0 Å². The fourth-order valence-electron chi connectivity index (χ4n) is 2.59. The SMILES string of the molecule is CCC1CCC(NC(=O)c2ccc(Br)cc2)CC1. The van der Waals surface area contributed by atoms with Gasteiger partial charge in [0.05, 0.1) is 0 Å². The van der Waals surface area contributed by atoms with Crippen molar-refractivity contribution in [3.8, 4) is 0 Å². The van der Waals surface area contributed by atoms with Crippen LogP contribution in [0.25, 0.3) is 0 Å². The maximum absolute atomic E-state index is 12.0. The molecule has 1 amide bonds. The van der Waals surface area contributed by atoms with Crippen LogP contribution in [0.15, 0.2) is 28.7 Å². The molecule has 1 aromatic rings. The van der Waals surface area contributed by atoms with Gasteiger partial charge in [0.15, 0.2) is 0 Å². The van der Waals surface area contributed by atoms with Gasteiger partial charge in [-0.3, -0.25) is 4.79 Å². The second-order valence-corrected chi connectivity index (χ2v) is 6.02. The Hall–Kier alpha value is -0.830. The van der Waals surface area contributed by atoms with Crippen LogP contribution in [-0.4, -0.2) is 11.9 Å². The van der Waals surface area contributed by atoms with Crippen molar-refractivity contribution < 1.29 is 4.79 Å². The molecule has 0 heterocycles. The highest BCUT2D eigenvalue weighted by Gasteiger charge is 2.21. The van der Waals surface area contributed by atoms with E-state index in [1.165, 1.54) is 19.3 Å². The third kappa shape index (κ3) is 3.58. The number of nitrogens with one attached hydrogen (secondary N) is 1. The van der Waals surface area contributed by atoms with Gasteiger partial charge < -0.3 is 5.32 Å². The van der Waals surface area contributed by atoms with Gasteiger partial charge in [-0.2, -0.15) is 0 Å². The number of amides is 1. The fourth-order valence-corrected chi connectivity index (χ4v) is 2.85. The van der Waals surface area contributed by atoms with E-state index in [2.05, 4.69) is 28.2 Å². The molecule has 0 unspecified atom stereocenters. The molecule has 1 fully saturated rings. The number of carbonyl (C=O) groups is 1. The van der Waals surface area contributed by atoms with Crippen LogP contribution in [-0.2, 0) is 0 Å². The Morgan fingerprint density at radius 1 is 1.22 bits per heavy atom. The minimum atomic E-state index is 0.0578. The Morgan fingerprint density at radius 2 is 1.83 bits per heavy atom. The number of hydrogen-bond acceptors (Lipinski definition) is 1. The Morgan fingerprint density at radius 3 is 2.39 bits per heavy atom. The molecular formula is C15H20BrNO. The molecule has 1 aromatic carbocycles. The minimum absolute atomic E-state index is 0.0578. The molecule has 1 aliphatic carbocycles. The first-order valence-electron chi connectivity index (χ1n) is 6.75. The van der Waals surface area contributed by atoms with Gasteiger partial charge in [0.25, 0.3) is 5.91 Å². The zero-order valence-electron chi connectivity index (χ0n) is 10.8. The quantitative estimate of drug-likeness (QED) is 0.893. The maximum atomic E-state index is 12.0. The predicted molar refractivity (Wildman–Crippen MR) is 77.6 cm³/mol. The molecule has 3 heteroatoms. The van der Waals surface area contributed by atoms with E-state index in [-0.39, 0.29) is 5.91 Å². The van der Waals surface area contributed by atoms with Crippen LogP contribution >= 0.6 is 15.9 Å². The summed E-state index contributed by atoms with van der Waals surface area (Å²) in [6.45, 7) is 2.26. The van der Waals surface area contributed by atoms with Gasteiger partial charge in [0.2, 0.25) is 0 Å². The van der Waals surface area contributed by atoms with Crippen molar-refractivity contribution in [1.82, 2.24) is 5.32 Å². The fraction of sp³-hybridized carbons (Fsp3) is 0.533. The highest BCUT2D eigenvalue weighted by atomic mass is 79.9. The lowest BCUT2D eigenvalue weighted by Crippen LogP contribution is -2.37. The van der Waals surface area contributed by atoms with Crippen molar-refractivity contribution in [2.24, 2.45) is 5.92 Å². The average molecular weight is 310 g/mol. The highest BCUT2D eigenvalue weighted by Crippen LogP contribution is 2.26. The monoisotopic (exact) mass is 309 g/mol. The number of hydrogen-bond donors (Lipinski definition) is 1. The minimum Gasteiger partial charge on any atom is -0.349 e. The van der Waals surface area contributed by atoms with Crippen LogP contribution in [0.1, 0.15) is 49.4 Å². The molecule has 0 radical (unpaired) electrons. The number of carbonyl (C=O) groups excluding carboxylic acids is 1. The number of rotatable bonds is 3. The van der Waals surface area contributed by atoms with Crippen LogP contribution in [0.4, 0.5) is 0 Å². The van der Waals surface area contributed by atoms with Crippen LogP contribution in [0.2, 0.25) is 0 Å². The summed E-state index contributed by atoms with van der Waals surface area (Å²) in [6, 6.07) is 7.89. The van der Waals surface area contributed by atoms with Gasteiger partial charge in [-0.05, 0) is 55.9 Å². The Bertz CT molecular complexity index is 393. The zero-order valence-corrected chi connectivity index (χ0v) is 12.4. The maximum Gasteiger partial charge on any atom is 0.251 e. The Kier molecular flexibility index (Phi) is 4.81. The summed E-state index contributed by atoms with van der Waals surface area (Å²) >= 11 is 3.38. The van der Waals surface area contributed by atoms with Gasteiger partial charge >= 0.3 is 0 Å². The lowest BCUT2D eigenvalue weighted by molar-refractivity contribution is 0.0921. The summed E-state index contributed by atoms with van der Waals surface area (Å²) < 4.78 is 1.00. The Labute approximate surface area is 117 Å². The molecular weight excluding hydrogens is 290 g/mol. The standard InChI is InChI=1S/C15H20BrNO/c1-2-11-3-9-14(10-4-11)17-15(18)12-5-7-13(16)8-6-12/h5-8,11,14H,2-4,9-10H2,1H3,(H,17,18). The van der Waals surface area contributed by atoms with Gasteiger partial charge in [-0.1, -0.05) is 29.3 Å². The van der Waals surface area contributed by atoms with E-state index in [9.17, 15) is 4.79 Å². The molecule has 1 aliphatic rings. The molecule has 1 saturated carbocycles. The lowest BCUT2D eigenvalue weighted by Gasteiger charge is -2.28. The third-order valence-corrected chi connectivity index (χ3v) is 4.39. The summed E-state index contributed by atoms with van der Waals surface area (Å²) in [5.41, 5.74) is 0.746. The Balaban J connectivity index is 1.86. The first-order chi connectivity index (χ1) is 8.69. The molecule has 0 aliphatic heterocycles. The van der Waals surface area contributed by atoms with Crippen molar-refractivity contribution in [2.45, 2.75) is 45.1 Å². The molecule has 1 N–H and O–H groups in total. The smallest absolute Gasteiger partial charge is 0.251 e. The predicted octanol–water partition coefficient (Wildman–Crippen LogP) is 4.15. The zero-order chi connectivity index (χ0) is 13.0. The van der Waals surface area contributed by atoms with Gasteiger partial charge in [-0.25, -0.2) is 0 Å². The highest BCUT2D eigenvalue weighted by molar-refractivity contribution is 9.10. The normalized spacial score (nSPS) is 23.7. The summed E-state index contributed by atoms with van der Waals surface area (Å²) in [7, 11) is 0. The van der Waals surface area contributed by atoms with Gasteiger partial charge in [0, 0.05) is 16.1 Å². The molecule has 0 atom stereocenters. The van der Waals surface area contributed by atoms with Crippen LogP contribution < -0.4 is 5.32 Å². The second-order valence-electron chi connectivity index (χ2n) is 5.11. The molecule has 0 aromatic heterocycles. The number of halogens is 1. The molecule has 2 rings (SSSR count). The summed E-state index contributed by atoms with van der Waals surface area (Å²) in [5.74, 6) is 0.924. The van der Waals surface area contributed by atoms with Crippen molar-refractivity contribution in [3.63, 3.8) is 0 Å². The first-order valence-corrected chi connectivity index (χ1v) is 7.54. The molecule has 0 saturated heterocycles. The molecule has 2 nitrogen and oxygen atoms in total. The van der Waals surface area contributed by atoms with E-state index in [0.29, 0.717) is 6.04 Å². The van der Waals surface area contributed by atoms with Crippen molar-refractivity contribution in [2.75, 3.05) is 0 Å². The van der Waals surface area contributed by atoms with E-state index in [0.717, 1.165) is 28.8 Å². The number of benzene rings is 1. The van der Waals surface area contributed by atoms with E-state index in [4.69, 9.17) is 0 Å². The molecule has 0 spiro atoms. The van der Waals surface area contributed by atoms with Crippen molar-refractivity contribution in [3.05, 3.63) is 34.3 Å². The summed E-state index contributed by atoms with van der Waals surface area (Å²) in [5, 5.41) is 3.15. The van der Waals surface area contributed by atoms with E-state index in [1.807, 2.05) is 24.3 Å². The largest absolute Gasteiger partial charge is 0.349 e. The third-order valence-electron chi connectivity index (χ3n) is 3.87. The van der Waals surface area contributed by atoms with E-state index in [1.54, 1.807) is 0 Å². The van der Waals surface area contributed by atoms with E-state index < -0.39 is 0 Å². The van der Waals surface area contributed by atoms with Crippen LogP contribution in [0, 0.1) is 5.92 Å². The van der Waals surface area contributed by atoms with Crippen molar-refractivity contribution in [1.29, 1.82) is 0 Å². The van der Waals surface area contributed by atoms with E-state index >= 15 is 0 Å². The van der Waals surface area contributed by atoms with Crippen LogP contribution in [0.5, 0.6) is 0 Å². The lowest BCUT2D eigenvalue weighted by atomic mass is 9.84. The molecule has 0 bridgehead atoms. The summed E-state index contributed by atoms with van der Waals surface area (Å²) in [6.07, 6.45) is 6.03. The summed E-state index contributed by atoms with van der Waals surface area (Å²) in [4.78, 5) is 12.0. The molecule has 18 heavy (non-hydrogen) atoms. The van der Waals surface area contributed by atoms with Gasteiger partial charge in [0.1, 0.15) is 0 Å². The first kappa shape index (κ1) is 13.6. The topological polar surface area (TPSA) is 29.1 Å². The molecule has 98 valence electrons.